The van der Waals surface area contributed by atoms with Gasteiger partial charge in [-0.2, -0.15) is 0 Å². The highest BCUT2D eigenvalue weighted by Gasteiger charge is 2.09. The molecule has 1 heterocycles. The third-order valence-electron chi connectivity index (χ3n) is 3.39. The molecule has 0 aromatic carbocycles. The van der Waals surface area contributed by atoms with Gasteiger partial charge in [0.2, 0.25) is 0 Å². The first-order valence-corrected chi connectivity index (χ1v) is 6.96. The van der Waals surface area contributed by atoms with Gasteiger partial charge in [-0.3, -0.25) is 0 Å². The van der Waals surface area contributed by atoms with Crippen molar-refractivity contribution in [3.8, 4) is 0 Å². The van der Waals surface area contributed by atoms with E-state index in [9.17, 15) is 0 Å². The van der Waals surface area contributed by atoms with Crippen LogP contribution >= 0.6 is 0 Å². The van der Waals surface area contributed by atoms with Crippen LogP contribution in [0, 0.1) is 12.8 Å². The molecule has 0 amide bonds. The third-order valence-corrected chi connectivity index (χ3v) is 3.39. The van der Waals surface area contributed by atoms with Crippen molar-refractivity contribution >= 4 is 0 Å². The number of nitrogens with zero attached hydrogens (tertiary/aromatic N) is 1. The Morgan fingerprint density at radius 3 is 2.61 bits per heavy atom. The zero-order chi connectivity index (χ0) is 13.5. The van der Waals surface area contributed by atoms with Crippen LogP contribution in [0.25, 0.3) is 0 Å². The van der Waals surface area contributed by atoms with Gasteiger partial charge >= 0.3 is 0 Å². The van der Waals surface area contributed by atoms with E-state index in [4.69, 9.17) is 10.2 Å². The van der Waals surface area contributed by atoms with Crippen molar-refractivity contribution in [1.82, 2.24) is 4.90 Å². The van der Waals surface area contributed by atoms with E-state index in [2.05, 4.69) is 31.9 Å². The van der Waals surface area contributed by atoms with Crippen molar-refractivity contribution in [2.75, 3.05) is 13.6 Å². The van der Waals surface area contributed by atoms with E-state index < -0.39 is 0 Å². The molecule has 0 aliphatic heterocycles. The Hall–Kier alpha value is -0.800. The largest absolute Gasteiger partial charge is 0.469 e. The van der Waals surface area contributed by atoms with Crippen molar-refractivity contribution in [2.45, 2.75) is 52.6 Å². The summed E-state index contributed by atoms with van der Waals surface area (Å²) in [5.74, 6) is 1.76. The quantitative estimate of drug-likeness (QED) is 0.772. The summed E-state index contributed by atoms with van der Waals surface area (Å²) in [4.78, 5) is 2.37. The first-order valence-electron chi connectivity index (χ1n) is 6.96. The molecule has 0 spiro atoms. The number of hydrogen-bond donors (Lipinski definition) is 1. The van der Waals surface area contributed by atoms with E-state index in [0.29, 0.717) is 6.04 Å². The van der Waals surface area contributed by atoms with Gasteiger partial charge in [0.05, 0.1) is 6.26 Å². The van der Waals surface area contributed by atoms with Crippen molar-refractivity contribution in [3.05, 3.63) is 23.7 Å². The van der Waals surface area contributed by atoms with Crippen molar-refractivity contribution in [3.63, 3.8) is 0 Å². The fourth-order valence-electron chi connectivity index (χ4n) is 2.34. The molecule has 18 heavy (non-hydrogen) atoms. The molecule has 0 saturated heterocycles. The Morgan fingerprint density at radius 2 is 2.06 bits per heavy atom. The Labute approximate surface area is 111 Å². The molecule has 2 atom stereocenters. The Bertz CT molecular complexity index is 333. The molecule has 104 valence electrons. The number of nitrogens with two attached hydrogens (primary N) is 1. The van der Waals surface area contributed by atoms with Gasteiger partial charge in [0, 0.05) is 24.7 Å². The second-order valence-corrected chi connectivity index (χ2v) is 5.71. The number of rotatable bonds is 8. The van der Waals surface area contributed by atoms with Crippen LogP contribution in [0.3, 0.4) is 0 Å². The molecule has 2 N–H and O–H groups in total. The molecule has 1 aromatic heterocycles. The van der Waals surface area contributed by atoms with E-state index in [1.54, 1.807) is 6.26 Å². The van der Waals surface area contributed by atoms with Gasteiger partial charge in [-0.1, -0.05) is 13.3 Å². The summed E-state index contributed by atoms with van der Waals surface area (Å²) in [6, 6.07) is 2.40. The lowest BCUT2D eigenvalue weighted by atomic mass is 10.0. The highest BCUT2D eigenvalue weighted by molar-refractivity contribution is 5.14. The summed E-state index contributed by atoms with van der Waals surface area (Å²) >= 11 is 0. The summed E-state index contributed by atoms with van der Waals surface area (Å²) in [7, 11) is 2.18. The minimum Gasteiger partial charge on any atom is -0.469 e. The van der Waals surface area contributed by atoms with E-state index >= 15 is 0 Å². The Balaban J connectivity index is 2.23. The van der Waals surface area contributed by atoms with Crippen LogP contribution < -0.4 is 5.73 Å². The molecule has 3 heteroatoms. The van der Waals surface area contributed by atoms with Gasteiger partial charge in [0.1, 0.15) is 5.76 Å². The predicted molar refractivity (Wildman–Crippen MR) is 76.4 cm³/mol. The van der Waals surface area contributed by atoms with Gasteiger partial charge in [0.15, 0.2) is 0 Å². The second kappa shape index (κ2) is 7.59. The smallest absolute Gasteiger partial charge is 0.105 e. The fraction of sp³-hybridized carbons (Fsp3) is 0.733. The molecule has 1 rings (SSSR count). The maximum absolute atomic E-state index is 5.77. The lowest BCUT2D eigenvalue weighted by molar-refractivity contribution is 0.266. The third kappa shape index (κ3) is 5.69. The number of hydrogen-bond acceptors (Lipinski definition) is 3. The first kappa shape index (κ1) is 15.3. The van der Waals surface area contributed by atoms with Crippen LogP contribution in [0.4, 0.5) is 0 Å². The molecule has 0 aliphatic carbocycles. The molecule has 0 radical (unpaired) electrons. The van der Waals surface area contributed by atoms with Crippen LogP contribution in [0.5, 0.6) is 0 Å². The van der Waals surface area contributed by atoms with Crippen molar-refractivity contribution in [2.24, 2.45) is 11.7 Å². The molecule has 2 unspecified atom stereocenters. The maximum atomic E-state index is 5.77. The summed E-state index contributed by atoms with van der Waals surface area (Å²) < 4.78 is 5.32. The van der Waals surface area contributed by atoms with E-state index in [1.165, 1.54) is 18.4 Å². The summed E-state index contributed by atoms with van der Waals surface area (Å²) in [6.07, 6.45) is 5.40. The van der Waals surface area contributed by atoms with Gasteiger partial charge in [-0.05, 0) is 45.7 Å². The fourth-order valence-corrected chi connectivity index (χ4v) is 2.34. The van der Waals surface area contributed by atoms with Crippen LogP contribution in [-0.2, 0) is 6.54 Å². The molecule has 0 saturated carbocycles. The first-order chi connectivity index (χ1) is 8.49. The highest BCUT2D eigenvalue weighted by atomic mass is 16.3. The average molecular weight is 252 g/mol. The molecule has 0 aliphatic rings. The molecule has 3 nitrogen and oxygen atoms in total. The van der Waals surface area contributed by atoms with Crippen molar-refractivity contribution in [1.29, 1.82) is 0 Å². The highest BCUT2D eigenvalue weighted by Crippen LogP contribution is 2.14. The molecule has 0 bridgehead atoms. The minimum absolute atomic E-state index is 0.337. The lowest BCUT2D eigenvalue weighted by Gasteiger charge is -2.21. The molecule has 1 aromatic rings. The predicted octanol–water partition coefficient (Wildman–Crippen LogP) is 3.17. The summed E-state index contributed by atoms with van der Waals surface area (Å²) in [5, 5.41) is 0. The topological polar surface area (TPSA) is 42.4 Å². The number of furan rings is 1. The van der Waals surface area contributed by atoms with Gasteiger partial charge in [-0.15, -0.1) is 0 Å². The Morgan fingerprint density at radius 1 is 1.33 bits per heavy atom. The Kier molecular flexibility index (Phi) is 6.44. The molecular weight excluding hydrogens is 224 g/mol. The normalized spacial score (nSPS) is 15.0. The lowest BCUT2D eigenvalue weighted by Crippen LogP contribution is -2.24. The number of aryl methyl sites for hydroxylation is 1. The van der Waals surface area contributed by atoms with Gasteiger partial charge in [0.25, 0.3) is 0 Å². The van der Waals surface area contributed by atoms with E-state index in [-0.39, 0.29) is 0 Å². The maximum Gasteiger partial charge on any atom is 0.105 e. The zero-order valence-electron chi connectivity index (χ0n) is 12.3. The minimum atomic E-state index is 0.337. The monoisotopic (exact) mass is 252 g/mol. The standard InChI is InChI=1S/C15H28N2O/c1-12(6-5-7-13(2)16)10-17(4)11-15-8-9-18-14(15)3/h8-9,12-13H,5-7,10-11,16H2,1-4H3. The summed E-state index contributed by atoms with van der Waals surface area (Å²) in [6.45, 7) is 8.52. The van der Waals surface area contributed by atoms with E-state index in [1.807, 2.05) is 6.92 Å². The average Bonchev–Trinajstić information content (AvgIpc) is 2.63. The van der Waals surface area contributed by atoms with Crippen LogP contribution in [0.1, 0.15) is 44.4 Å². The van der Waals surface area contributed by atoms with E-state index in [0.717, 1.165) is 31.2 Å². The molecular formula is C15H28N2O. The van der Waals surface area contributed by atoms with Crippen molar-refractivity contribution < 1.29 is 4.42 Å². The zero-order valence-corrected chi connectivity index (χ0v) is 12.3. The summed E-state index contributed by atoms with van der Waals surface area (Å²) in [5.41, 5.74) is 7.06. The molecule has 0 fully saturated rings. The van der Waals surface area contributed by atoms with Crippen LogP contribution in [0.2, 0.25) is 0 Å². The SMILES string of the molecule is Cc1occc1CN(C)CC(C)CCCC(C)N. The van der Waals surface area contributed by atoms with Gasteiger partial charge < -0.3 is 15.1 Å². The van der Waals surface area contributed by atoms with Gasteiger partial charge in [-0.25, -0.2) is 0 Å². The van der Waals surface area contributed by atoms with Crippen LogP contribution in [0.15, 0.2) is 16.7 Å². The van der Waals surface area contributed by atoms with Crippen LogP contribution in [-0.4, -0.2) is 24.5 Å². The second-order valence-electron chi connectivity index (χ2n) is 5.71.